The molecule has 1 aliphatic carbocycles. The maximum absolute atomic E-state index is 12.7. The van der Waals surface area contributed by atoms with Crippen molar-refractivity contribution < 1.29 is 37.2 Å². The van der Waals surface area contributed by atoms with E-state index in [0.29, 0.717) is 16.6 Å². The summed E-state index contributed by atoms with van der Waals surface area (Å²) in [5.41, 5.74) is 1.50. The molecule has 0 atom stereocenters. The summed E-state index contributed by atoms with van der Waals surface area (Å²) in [7, 11) is -2.74. The first kappa shape index (κ1) is 29.5. The number of amides is 2. The molecule has 0 bridgehead atoms. The number of esters is 1. The number of ether oxygens (including phenoxy) is 2. The zero-order valence-electron chi connectivity index (χ0n) is 21.6. The normalized spacial score (nSPS) is 13.4. The number of nitro groups is 1. The number of benzene rings is 1. The minimum absolute atomic E-state index is 0.138. The summed E-state index contributed by atoms with van der Waals surface area (Å²) in [6.07, 6.45) is 2.30. The number of thiazole rings is 1. The van der Waals surface area contributed by atoms with Gasteiger partial charge >= 0.3 is 5.97 Å². The quantitative estimate of drug-likeness (QED) is 0.194. The molecule has 13 nitrogen and oxygen atoms in total. The predicted octanol–water partition coefficient (Wildman–Crippen LogP) is 2.47. The Kier molecular flexibility index (Phi) is 9.12. The highest BCUT2D eigenvalue weighted by atomic mass is 32.2. The van der Waals surface area contributed by atoms with Gasteiger partial charge in [0.2, 0.25) is 5.91 Å². The van der Waals surface area contributed by atoms with Gasteiger partial charge in [0.25, 0.3) is 11.6 Å². The van der Waals surface area contributed by atoms with Gasteiger partial charge in [-0.3, -0.25) is 19.7 Å². The van der Waals surface area contributed by atoms with E-state index in [2.05, 4.69) is 10.3 Å². The van der Waals surface area contributed by atoms with Crippen LogP contribution in [0.3, 0.4) is 0 Å². The highest BCUT2D eigenvalue weighted by Crippen LogP contribution is 2.39. The molecule has 0 saturated heterocycles. The van der Waals surface area contributed by atoms with Crippen molar-refractivity contribution >= 4 is 71.2 Å². The van der Waals surface area contributed by atoms with Crippen molar-refractivity contribution in [1.29, 1.82) is 0 Å². The van der Waals surface area contributed by atoms with E-state index < -0.39 is 44.0 Å². The van der Waals surface area contributed by atoms with E-state index in [9.17, 15) is 32.9 Å². The molecule has 4 rings (SSSR count). The Morgan fingerprint density at radius 2 is 1.98 bits per heavy atom. The summed E-state index contributed by atoms with van der Waals surface area (Å²) in [5.74, 6) is -4.47. The van der Waals surface area contributed by atoms with Gasteiger partial charge < -0.3 is 19.4 Å². The fourth-order valence-corrected chi connectivity index (χ4v) is 7.73. The molecule has 0 aliphatic heterocycles. The number of rotatable bonds is 11. The molecule has 16 heteroatoms. The smallest absolute Gasteiger partial charge is 0.341 e. The topological polar surface area (TPSA) is 176 Å². The molecular formula is C24H26N4O9S3. The van der Waals surface area contributed by atoms with E-state index in [4.69, 9.17) is 9.47 Å². The number of aromatic nitrogens is 1. The lowest BCUT2D eigenvalue weighted by atomic mass is 10.1. The molecule has 2 amide bonds. The minimum Gasteiger partial charge on any atom is -0.462 e. The number of carbonyl (C=O) groups excluding carboxylic acids is 3. The third-order valence-corrected chi connectivity index (χ3v) is 9.60. The molecule has 1 N–H and O–H groups in total. The molecule has 40 heavy (non-hydrogen) atoms. The van der Waals surface area contributed by atoms with Crippen molar-refractivity contribution in [2.24, 2.45) is 4.99 Å². The Labute approximate surface area is 236 Å². The first-order valence-corrected chi connectivity index (χ1v) is 15.6. The summed E-state index contributed by atoms with van der Waals surface area (Å²) in [6.45, 7) is 2.34. The maximum Gasteiger partial charge on any atom is 0.341 e. The molecule has 0 saturated carbocycles. The SMILES string of the molecule is CCOC(=O)c1c(NC(=O)CS(=O)(=O)CC(=O)N=c2sc3cc([N+](=O)[O-])ccc3n2CCOC)sc2c1CCC2. The van der Waals surface area contributed by atoms with Gasteiger partial charge in [0.15, 0.2) is 14.6 Å². The molecule has 214 valence electrons. The van der Waals surface area contributed by atoms with E-state index in [0.717, 1.165) is 34.6 Å². The van der Waals surface area contributed by atoms with Crippen molar-refractivity contribution in [1.82, 2.24) is 4.57 Å². The van der Waals surface area contributed by atoms with Crippen molar-refractivity contribution in [3.8, 4) is 0 Å². The minimum atomic E-state index is -4.22. The number of anilines is 1. The first-order valence-electron chi connectivity index (χ1n) is 12.2. The van der Waals surface area contributed by atoms with Gasteiger partial charge in [0, 0.05) is 30.7 Å². The van der Waals surface area contributed by atoms with Crippen molar-refractivity contribution in [3.63, 3.8) is 0 Å². The number of nitrogens with one attached hydrogen (secondary N) is 1. The Bertz CT molecular complexity index is 1670. The van der Waals surface area contributed by atoms with Crippen LogP contribution in [-0.2, 0) is 48.3 Å². The zero-order valence-corrected chi connectivity index (χ0v) is 24.1. The molecule has 3 aromatic rings. The lowest BCUT2D eigenvalue weighted by molar-refractivity contribution is -0.384. The monoisotopic (exact) mass is 610 g/mol. The van der Waals surface area contributed by atoms with E-state index in [1.165, 1.54) is 36.6 Å². The number of carbonyl (C=O) groups is 3. The molecule has 1 aliphatic rings. The van der Waals surface area contributed by atoms with Gasteiger partial charge in [-0.1, -0.05) is 11.3 Å². The molecule has 0 spiro atoms. The van der Waals surface area contributed by atoms with Gasteiger partial charge in [-0.25, -0.2) is 13.2 Å². The van der Waals surface area contributed by atoms with E-state index in [1.54, 1.807) is 11.5 Å². The molecule has 0 radical (unpaired) electrons. The van der Waals surface area contributed by atoms with Gasteiger partial charge in [-0.15, -0.1) is 11.3 Å². The number of nitrogens with zero attached hydrogens (tertiary/aromatic N) is 3. The summed E-state index contributed by atoms with van der Waals surface area (Å²) in [5, 5.41) is 13.9. The molecule has 0 unspecified atom stereocenters. The molecular weight excluding hydrogens is 584 g/mol. The van der Waals surface area contributed by atoms with Crippen LogP contribution >= 0.6 is 22.7 Å². The van der Waals surface area contributed by atoms with Gasteiger partial charge in [0.1, 0.15) is 16.5 Å². The number of sulfone groups is 1. The van der Waals surface area contributed by atoms with Crippen molar-refractivity contribution in [3.05, 3.63) is 49.1 Å². The Hall–Kier alpha value is -3.47. The average molecular weight is 611 g/mol. The number of hydrogen-bond acceptors (Lipinski definition) is 11. The highest BCUT2D eigenvalue weighted by Gasteiger charge is 2.29. The third-order valence-electron chi connectivity index (χ3n) is 5.96. The molecule has 1 aromatic carbocycles. The van der Waals surface area contributed by atoms with Crippen LogP contribution in [0.2, 0.25) is 0 Å². The van der Waals surface area contributed by atoms with Gasteiger partial charge in [-0.05, 0) is 37.8 Å². The third kappa shape index (κ3) is 6.63. The Balaban J connectivity index is 1.52. The van der Waals surface area contributed by atoms with Gasteiger partial charge in [0.05, 0.1) is 33.9 Å². The number of aryl methyl sites for hydroxylation is 1. The summed E-state index contributed by atoms with van der Waals surface area (Å²) >= 11 is 2.21. The number of fused-ring (bicyclic) bond motifs is 2. The second-order valence-electron chi connectivity index (χ2n) is 8.81. The lowest BCUT2D eigenvalue weighted by Gasteiger charge is -2.08. The fourth-order valence-electron chi connectivity index (χ4n) is 4.31. The van der Waals surface area contributed by atoms with Crippen LogP contribution in [-0.4, -0.2) is 67.5 Å². The molecule has 0 fully saturated rings. The zero-order chi connectivity index (χ0) is 29.0. The standard InChI is InChI=1S/C24H26N4O9S3/c1-3-37-23(31)21-15-5-4-6-17(15)38-22(21)25-19(29)12-40(34,35)13-20(30)26-24-27(9-10-36-2)16-8-7-14(28(32)33)11-18(16)39-24/h7-8,11H,3-6,9-10,12-13H2,1-2H3,(H,25,29). The second-order valence-corrected chi connectivity index (χ2v) is 13.0. The van der Waals surface area contributed by atoms with Crippen LogP contribution in [0, 0.1) is 10.1 Å². The van der Waals surface area contributed by atoms with E-state index in [-0.39, 0.29) is 40.8 Å². The van der Waals surface area contributed by atoms with Crippen LogP contribution in [0.5, 0.6) is 0 Å². The van der Waals surface area contributed by atoms with Crippen LogP contribution in [0.4, 0.5) is 10.7 Å². The van der Waals surface area contributed by atoms with E-state index in [1.807, 2.05) is 0 Å². The number of nitro benzene ring substituents is 1. The van der Waals surface area contributed by atoms with Crippen molar-refractivity contribution in [2.45, 2.75) is 32.7 Å². The number of hydrogen-bond donors (Lipinski definition) is 1. The summed E-state index contributed by atoms with van der Waals surface area (Å²) in [6, 6.07) is 4.19. The number of methoxy groups -OCH3 is 1. The van der Waals surface area contributed by atoms with Gasteiger partial charge in [-0.2, -0.15) is 4.99 Å². The van der Waals surface area contributed by atoms with Crippen molar-refractivity contribution in [2.75, 3.05) is 37.1 Å². The largest absolute Gasteiger partial charge is 0.462 e. The number of thiophene rings is 1. The molecule has 2 heterocycles. The molecule has 2 aromatic heterocycles. The predicted molar refractivity (Wildman–Crippen MR) is 148 cm³/mol. The van der Waals surface area contributed by atoms with Crippen LogP contribution < -0.4 is 10.1 Å². The first-order chi connectivity index (χ1) is 19.0. The lowest BCUT2D eigenvalue weighted by Crippen LogP contribution is -2.28. The van der Waals surface area contributed by atoms with Crippen LogP contribution in [0.25, 0.3) is 10.2 Å². The second kappa shape index (κ2) is 12.4. The summed E-state index contributed by atoms with van der Waals surface area (Å²) < 4.78 is 37.7. The van der Waals surface area contributed by atoms with Crippen LogP contribution in [0.15, 0.2) is 23.2 Å². The Morgan fingerprint density at radius 3 is 2.67 bits per heavy atom. The summed E-state index contributed by atoms with van der Waals surface area (Å²) in [4.78, 5) is 53.5. The Morgan fingerprint density at radius 1 is 1.20 bits per heavy atom. The average Bonchev–Trinajstić information content (AvgIpc) is 3.54. The van der Waals surface area contributed by atoms with E-state index >= 15 is 0 Å². The van der Waals surface area contributed by atoms with Crippen LogP contribution in [0.1, 0.15) is 34.1 Å². The number of non-ortho nitro benzene ring substituents is 1. The highest BCUT2D eigenvalue weighted by molar-refractivity contribution is 7.92. The fraction of sp³-hybridized carbons (Fsp3) is 0.417. The maximum atomic E-state index is 12.7.